The fourth-order valence-corrected chi connectivity index (χ4v) is 3.06. The van der Waals surface area contributed by atoms with Crippen LogP contribution in [0.1, 0.15) is 54.5 Å². The van der Waals surface area contributed by atoms with Gasteiger partial charge in [-0.2, -0.15) is 0 Å². The van der Waals surface area contributed by atoms with Crippen molar-refractivity contribution < 1.29 is 18.8 Å². The first-order valence-electron chi connectivity index (χ1n) is 8.92. The molecule has 1 N–H and O–H groups in total. The molecule has 1 unspecified atom stereocenters. The van der Waals surface area contributed by atoms with E-state index in [4.69, 9.17) is 9.26 Å². The third-order valence-corrected chi connectivity index (χ3v) is 4.43. The summed E-state index contributed by atoms with van der Waals surface area (Å²) >= 11 is 0. The summed E-state index contributed by atoms with van der Waals surface area (Å²) in [6.07, 6.45) is 2.57. The largest absolute Gasteiger partial charge is 0.462 e. The molecule has 1 saturated heterocycles. The van der Waals surface area contributed by atoms with Crippen molar-refractivity contribution in [2.24, 2.45) is 0 Å². The van der Waals surface area contributed by atoms with Gasteiger partial charge in [-0.05, 0) is 50.5 Å². The summed E-state index contributed by atoms with van der Waals surface area (Å²) in [7, 11) is 0. The van der Waals surface area contributed by atoms with Gasteiger partial charge in [-0.25, -0.2) is 9.59 Å². The van der Waals surface area contributed by atoms with Gasteiger partial charge in [-0.15, -0.1) is 0 Å². The van der Waals surface area contributed by atoms with Gasteiger partial charge in [0.2, 0.25) is 0 Å². The van der Waals surface area contributed by atoms with Crippen LogP contribution in [0.5, 0.6) is 0 Å². The van der Waals surface area contributed by atoms with Crippen LogP contribution in [0, 0.1) is 0 Å². The van der Waals surface area contributed by atoms with Gasteiger partial charge >= 0.3 is 12.0 Å². The lowest BCUT2D eigenvalue weighted by atomic mass is 10.1. The quantitative estimate of drug-likeness (QED) is 0.823. The zero-order chi connectivity index (χ0) is 18.5. The Hall–Kier alpha value is -2.83. The fourth-order valence-electron chi connectivity index (χ4n) is 3.06. The maximum atomic E-state index is 12.7. The minimum Gasteiger partial charge on any atom is -0.462 e. The molecule has 138 valence electrons. The van der Waals surface area contributed by atoms with Gasteiger partial charge in [0.15, 0.2) is 5.76 Å². The molecule has 0 saturated carbocycles. The number of urea groups is 1. The first-order chi connectivity index (χ1) is 12.6. The number of likely N-dealkylation sites (tertiary alicyclic amines) is 1. The van der Waals surface area contributed by atoms with Crippen LogP contribution in [0.2, 0.25) is 0 Å². The number of ether oxygens (including phenoxy) is 1. The van der Waals surface area contributed by atoms with E-state index in [1.807, 2.05) is 13.0 Å². The average molecular weight is 357 g/mol. The Kier molecular flexibility index (Phi) is 5.55. The van der Waals surface area contributed by atoms with E-state index < -0.39 is 0 Å². The van der Waals surface area contributed by atoms with Crippen molar-refractivity contribution in [1.29, 1.82) is 0 Å². The van der Waals surface area contributed by atoms with Crippen LogP contribution < -0.4 is 5.32 Å². The van der Waals surface area contributed by atoms with Crippen molar-refractivity contribution in [3.05, 3.63) is 47.3 Å². The number of aryl methyl sites for hydroxylation is 1. The third-order valence-electron chi connectivity index (χ3n) is 4.43. The van der Waals surface area contributed by atoms with Crippen LogP contribution in [0.4, 0.5) is 10.5 Å². The van der Waals surface area contributed by atoms with E-state index in [-0.39, 0.29) is 18.0 Å². The summed E-state index contributed by atoms with van der Waals surface area (Å²) < 4.78 is 10.4. The lowest BCUT2D eigenvalue weighted by Gasteiger charge is -2.23. The van der Waals surface area contributed by atoms with Crippen molar-refractivity contribution in [2.45, 2.75) is 39.2 Å². The number of carbonyl (C=O) groups is 2. The van der Waals surface area contributed by atoms with Crippen LogP contribution in [0.25, 0.3) is 0 Å². The third kappa shape index (κ3) is 3.87. The molecular formula is C19H23N3O4. The number of benzene rings is 1. The molecule has 0 radical (unpaired) electrons. The number of rotatable bonds is 5. The van der Waals surface area contributed by atoms with Crippen molar-refractivity contribution in [3.63, 3.8) is 0 Å². The smallest absolute Gasteiger partial charge is 0.338 e. The molecule has 1 atom stereocenters. The van der Waals surface area contributed by atoms with E-state index in [0.29, 0.717) is 24.4 Å². The first kappa shape index (κ1) is 18.0. The Morgan fingerprint density at radius 2 is 2.08 bits per heavy atom. The van der Waals surface area contributed by atoms with Gasteiger partial charge in [0.05, 0.1) is 23.9 Å². The summed E-state index contributed by atoms with van der Waals surface area (Å²) in [4.78, 5) is 26.1. The Labute approximate surface area is 152 Å². The number of amides is 2. The van der Waals surface area contributed by atoms with Crippen LogP contribution in [-0.2, 0) is 11.2 Å². The van der Waals surface area contributed by atoms with E-state index in [2.05, 4.69) is 10.5 Å². The highest BCUT2D eigenvalue weighted by molar-refractivity contribution is 5.92. The number of carbonyl (C=O) groups excluding carboxylic acids is 2. The standard InChI is InChI=1S/C19H23N3O4/c1-3-14-12-17(26-21-14)16-6-5-11-22(16)19(24)20-15-9-7-13(8-10-15)18(23)25-4-2/h7-10,12,16H,3-6,11H2,1-2H3,(H,20,24). The maximum absolute atomic E-state index is 12.7. The van der Waals surface area contributed by atoms with E-state index in [1.54, 1.807) is 36.1 Å². The average Bonchev–Trinajstić information content (AvgIpc) is 3.31. The predicted molar refractivity (Wildman–Crippen MR) is 96.0 cm³/mol. The molecule has 2 heterocycles. The second-order valence-corrected chi connectivity index (χ2v) is 6.15. The number of nitrogens with one attached hydrogen (secondary N) is 1. The van der Waals surface area contributed by atoms with Crippen molar-refractivity contribution in [1.82, 2.24) is 10.1 Å². The lowest BCUT2D eigenvalue weighted by Crippen LogP contribution is -2.34. The summed E-state index contributed by atoms with van der Waals surface area (Å²) in [5, 5.41) is 6.90. The van der Waals surface area contributed by atoms with Gasteiger partial charge in [0.1, 0.15) is 0 Å². The predicted octanol–water partition coefficient (Wildman–Crippen LogP) is 3.78. The molecule has 26 heavy (non-hydrogen) atoms. The Morgan fingerprint density at radius 1 is 1.31 bits per heavy atom. The van der Waals surface area contributed by atoms with Crippen LogP contribution in [0.3, 0.4) is 0 Å². The Morgan fingerprint density at radius 3 is 2.73 bits per heavy atom. The van der Waals surface area contributed by atoms with E-state index in [9.17, 15) is 9.59 Å². The molecule has 7 heteroatoms. The molecule has 3 rings (SSSR count). The number of esters is 1. The Balaban J connectivity index is 1.66. The van der Waals surface area contributed by atoms with E-state index in [1.165, 1.54) is 0 Å². The van der Waals surface area contributed by atoms with Crippen LogP contribution in [0.15, 0.2) is 34.9 Å². The van der Waals surface area contributed by atoms with Crippen LogP contribution >= 0.6 is 0 Å². The van der Waals surface area contributed by atoms with Gasteiger partial charge in [0.25, 0.3) is 0 Å². The molecule has 2 aromatic rings. The van der Waals surface area contributed by atoms with Gasteiger partial charge in [-0.1, -0.05) is 12.1 Å². The number of aromatic nitrogens is 1. The van der Waals surface area contributed by atoms with Crippen molar-refractivity contribution in [3.8, 4) is 0 Å². The van der Waals surface area contributed by atoms with Gasteiger partial charge in [-0.3, -0.25) is 0 Å². The first-order valence-corrected chi connectivity index (χ1v) is 8.92. The fraction of sp³-hybridized carbons (Fsp3) is 0.421. The highest BCUT2D eigenvalue weighted by atomic mass is 16.5. The summed E-state index contributed by atoms with van der Waals surface area (Å²) in [5.74, 6) is 0.356. The number of hydrogen-bond donors (Lipinski definition) is 1. The monoisotopic (exact) mass is 357 g/mol. The molecule has 0 aliphatic carbocycles. The molecule has 2 amide bonds. The highest BCUT2D eigenvalue weighted by Gasteiger charge is 2.32. The second kappa shape index (κ2) is 8.03. The lowest BCUT2D eigenvalue weighted by molar-refractivity contribution is 0.0526. The van der Waals surface area contributed by atoms with E-state index in [0.717, 1.165) is 30.7 Å². The number of nitrogens with zero attached hydrogens (tertiary/aromatic N) is 2. The maximum Gasteiger partial charge on any atom is 0.338 e. The molecule has 1 fully saturated rings. The summed E-state index contributed by atoms with van der Waals surface area (Å²) in [6, 6.07) is 8.30. The minimum absolute atomic E-state index is 0.0957. The van der Waals surface area contributed by atoms with Crippen molar-refractivity contribution in [2.75, 3.05) is 18.5 Å². The zero-order valence-corrected chi connectivity index (χ0v) is 15.0. The number of hydrogen-bond acceptors (Lipinski definition) is 5. The molecule has 0 bridgehead atoms. The molecule has 0 spiro atoms. The molecule has 1 aliphatic heterocycles. The van der Waals surface area contributed by atoms with E-state index >= 15 is 0 Å². The summed E-state index contributed by atoms with van der Waals surface area (Å²) in [6.45, 7) is 4.77. The van der Waals surface area contributed by atoms with Crippen molar-refractivity contribution >= 4 is 17.7 Å². The van der Waals surface area contributed by atoms with Crippen LogP contribution in [-0.4, -0.2) is 35.2 Å². The molecular weight excluding hydrogens is 334 g/mol. The van der Waals surface area contributed by atoms with Gasteiger partial charge in [0, 0.05) is 18.3 Å². The molecule has 7 nitrogen and oxygen atoms in total. The molecule has 1 aromatic carbocycles. The normalized spacial score (nSPS) is 16.5. The topological polar surface area (TPSA) is 84.7 Å². The SMILES string of the molecule is CCOC(=O)c1ccc(NC(=O)N2CCCC2c2cc(CC)no2)cc1. The van der Waals surface area contributed by atoms with Gasteiger partial charge < -0.3 is 19.5 Å². The Bertz CT molecular complexity index is 769. The minimum atomic E-state index is -0.373. The second-order valence-electron chi connectivity index (χ2n) is 6.15. The summed E-state index contributed by atoms with van der Waals surface area (Å²) in [5.41, 5.74) is 1.97. The zero-order valence-electron chi connectivity index (χ0n) is 15.0. The highest BCUT2D eigenvalue weighted by Crippen LogP contribution is 2.32. The molecule has 1 aromatic heterocycles. The molecule has 1 aliphatic rings. The number of anilines is 1.